The van der Waals surface area contributed by atoms with Crippen LogP contribution in [0.2, 0.25) is 0 Å². The van der Waals surface area contributed by atoms with Gasteiger partial charge in [0.1, 0.15) is 5.78 Å². The number of hydrogen-bond donors (Lipinski definition) is 0. The van der Waals surface area contributed by atoms with Crippen LogP contribution in [0.1, 0.15) is 45.1 Å². The highest BCUT2D eigenvalue weighted by molar-refractivity contribution is 7.91. The number of methoxy groups -OCH3 is 2. The fourth-order valence-electron chi connectivity index (χ4n) is 5.59. The topological polar surface area (TPSA) is 76.2 Å². The number of piperazine rings is 1. The van der Waals surface area contributed by atoms with Gasteiger partial charge in [0.15, 0.2) is 21.3 Å². The van der Waals surface area contributed by atoms with Crippen LogP contribution in [0.3, 0.4) is 0 Å². The summed E-state index contributed by atoms with van der Waals surface area (Å²) in [6.45, 7) is 7.16. The van der Waals surface area contributed by atoms with Crippen molar-refractivity contribution in [3.05, 3.63) is 48.0 Å². The molecule has 7 nitrogen and oxygen atoms in total. The molecule has 2 aromatic carbocycles. The summed E-state index contributed by atoms with van der Waals surface area (Å²) in [4.78, 5) is 17.7. The number of sulfone groups is 1. The van der Waals surface area contributed by atoms with Gasteiger partial charge in [-0.2, -0.15) is 0 Å². The third-order valence-corrected chi connectivity index (χ3v) is 10.6. The molecular formula is C30H42N2O5S. The summed E-state index contributed by atoms with van der Waals surface area (Å²) < 4.78 is 35.3. The Morgan fingerprint density at radius 3 is 1.95 bits per heavy atom. The Bertz CT molecular complexity index is 1180. The summed E-state index contributed by atoms with van der Waals surface area (Å²) in [7, 11) is 0.282. The predicted molar refractivity (Wildman–Crippen MR) is 153 cm³/mol. The van der Waals surface area contributed by atoms with Crippen molar-refractivity contribution in [2.45, 2.75) is 51.2 Å². The molecule has 2 fully saturated rings. The Morgan fingerprint density at radius 1 is 0.842 bits per heavy atom. The molecule has 2 aromatic rings. The number of hydrogen-bond acceptors (Lipinski definition) is 7. The third kappa shape index (κ3) is 6.82. The largest absolute Gasteiger partial charge is 0.493 e. The summed E-state index contributed by atoms with van der Waals surface area (Å²) in [6, 6.07) is 14.5. The third-order valence-electron chi connectivity index (χ3n) is 8.18. The molecule has 38 heavy (non-hydrogen) atoms. The Morgan fingerprint density at radius 2 is 1.39 bits per heavy atom. The monoisotopic (exact) mass is 542 g/mol. The number of anilines is 2. The van der Waals surface area contributed by atoms with Crippen LogP contribution in [0.4, 0.5) is 11.4 Å². The van der Waals surface area contributed by atoms with Crippen molar-refractivity contribution in [2.75, 3.05) is 56.0 Å². The van der Waals surface area contributed by atoms with E-state index in [9.17, 15) is 13.2 Å². The van der Waals surface area contributed by atoms with Crippen LogP contribution in [0.15, 0.2) is 42.5 Å². The summed E-state index contributed by atoms with van der Waals surface area (Å²) >= 11 is 0. The number of carbonyl (C=O) groups is 1. The molecule has 1 saturated heterocycles. The minimum Gasteiger partial charge on any atom is -0.493 e. The molecule has 0 radical (unpaired) electrons. The molecule has 8 heteroatoms. The molecule has 1 heterocycles. The van der Waals surface area contributed by atoms with Crippen LogP contribution < -0.4 is 19.3 Å². The number of ether oxygens (including phenoxy) is 2. The number of nitrogens with zero attached hydrogens (tertiary/aromatic N) is 2. The molecule has 208 valence electrons. The number of carbonyl (C=O) groups excluding carboxylic acids is 1. The van der Waals surface area contributed by atoms with E-state index in [-0.39, 0.29) is 28.6 Å². The SMILES string of the molecule is COc1ccc(N2CCN(c3ccc(CC(=O)C4CCC(CS(=O)(=O)C(C)C)CC4)cc3)CC2)cc1OC. The van der Waals surface area contributed by atoms with Crippen molar-refractivity contribution in [3.63, 3.8) is 0 Å². The molecule has 1 aliphatic heterocycles. The summed E-state index contributed by atoms with van der Waals surface area (Å²) in [6.07, 6.45) is 3.72. The zero-order valence-electron chi connectivity index (χ0n) is 23.2. The van der Waals surface area contributed by atoms with Gasteiger partial charge in [0, 0.05) is 56.0 Å². The summed E-state index contributed by atoms with van der Waals surface area (Å²) in [5.41, 5.74) is 3.36. The van der Waals surface area contributed by atoms with E-state index in [1.165, 1.54) is 5.69 Å². The molecule has 1 aliphatic carbocycles. The first-order chi connectivity index (χ1) is 18.2. The molecule has 0 aromatic heterocycles. The lowest BCUT2D eigenvalue weighted by molar-refractivity contribution is -0.123. The zero-order valence-corrected chi connectivity index (χ0v) is 24.0. The van der Waals surface area contributed by atoms with Gasteiger partial charge in [-0.3, -0.25) is 4.79 Å². The second-order valence-electron chi connectivity index (χ2n) is 10.9. The van der Waals surface area contributed by atoms with E-state index < -0.39 is 9.84 Å². The second-order valence-corrected chi connectivity index (χ2v) is 13.5. The normalized spacial score (nSPS) is 20.4. The minimum atomic E-state index is -3.02. The van der Waals surface area contributed by atoms with E-state index >= 15 is 0 Å². The lowest BCUT2D eigenvalue weighted by atomic mass is 9.79. The van der Waals surface area contributed by atoms with Gasteiger partial charge in [0.25, 0.3) is 0 Å². The van der Waals surface area contributed by atoms with E-state index in [1.54, 1.807) is 28.1 Å². The van der Waals surface area contributed by atoms with Gasteiger partial charge < -0.3 is 19.3 Å². The second kappa shape index (κ2) is 12.4. The molecule has 0 amide bonds. The van der Waals surface area contributed by atoms with E-state index in [1.807, 2.05) is 12.1 Å². The lowest BCUT2D eigenvalue weighted by Gasteiger charge is -2.37. The van der Waals surface area contributed by atoms with Crippen molar-refractivity contribution in [2.24, 2.45) is 11.8 Å². The fourth-order valence-corrected chi connectivity index (χ4v) is 6.96. The van der Waals surface area contributed by atoms with Gasteiger partial charge in [0.2, 0.25) is 0 Å². The zero-order chi connectivity index (χ0) is 27.3. The lowest BCUT2D eigenvalue weighted by Crippen LogP contribution is -2.46. The highest BCUT2D eigenvalue weighted by atomic mass is 32.2. The molecular weight excluding hydrogens is 500 g/mol. The van der Waals surface area contributed by atoms with Crippen molar-refractivity contribution in [1.82, 2.24) is 0 Å². The fraction of sp³-hybridized carbons (Fsp3) is 0.567. The standard InChI is InChI=1S/C30H42N2O5S/c1-22(2)38(34,35)21-24-5-9-25(10-6-24)28(33)19-23-7-11-26(12-8-23)31-15-17-32(18-16-31)27-13-14-29(36-3)30(20-27)37-4/h7-8,11-14,20,22,24-25H,5-6,9-10,15-19,21H2,1-4H3. The van der Waals surface area contributed by atoms with Crippen LogP contribution in [0.25, 0.3) is 0 Å². The van der Waals surface area contributed by atoms with Crippen molar-refractivity contribution in [3.8, 4) is 11.5 Å². The van der Waals surface area contributed by atoms with Gasteiger partial charge >= 0.3 is 0 Å². The highest BCUT2D eigenvalue weighted by Gasteiger charge is 2.30. The quantitative estimate of drug-likeness (QED) is 0.428. The van der Waals surface area contributed by atoms with E-state index in [0.29, 0.717) is 6.42 Å². The molecule has 0 atom stereocenters. The maximum atomic E-state index is 13.0. The van der Waals surface area contributed by atoms with Crippen molar-refractivity contribution >= 4 is 27.0 Å². The van der Waals surface area contributed by atoms with Crippen LogP contribution in [0.5, 0.6) is 11.5 Å². The van der Waals surface area contributed by atoms with Crippen LogP contribution in [-0.4, -0.2) is 65.6 Å². The number of rotatable bonds is 10. The van der Waals surface area contributed by atoms with Crippen LogP contribution >= 0.6 is 0 Å². The Balaban J connectivity index is 1.25. The average molecular weight is 543 g/mol. The Labute approximate surface area is 228 Å². The number of benzene rings is 2. The van der Waals surface area contributed by atoms with Gasteiger partial charge in [-0.1, -0.05) is 12.1 Å². The Hall–Kier alpha value is -2.74. The molecule has 0 spiro atoms. The first-order valence-electron chi connectivity index (χ1n) is 13.7. The molecule has 0 unspecified atom stereocenters. The summed E-state index contributed by atoms with van der Waals surface area (Å²) in [5, 5.41) is -0.328. The number of ketones is 1. The van der Waals surface area contributed by atoms with E-state index in [0.717, 1.165) is 74.6 Å². The minimum absolute atomic E-state index is 0.0531. The Kier molecular flexibility index (Phi) is 9.23. The first-order valence-corrected chi connectivity index (χ1v) is 15.5. The molecule has 2 aliphatic rings. The van der Waals surface area contributed by atoms with Crippen LogP contribution in [-0.2, 0) is 21.1 Å². The maximum absolute atomic E-state index is 13.0. The summed E-state index contributed by atoms with van der Waals surface area (Å²) in [5.74, 6) is 2.26. The van der Waals surface area contributed by atoms with Gasteiger partial charge in [-0.25, -0.2) is 8.42 Å². The molecule has 1 saturated carbocycles. The first kappa shape index (κ1) is 28.3. The molecule has 0 bridgehead atoms. The van der Waals surface area contributed by atoms with Gasteiger partial charge in [0.05, 0.1) is 25.2 Å². The van der Waals surface area contributed by atoms with Crippen molar-refractivity contribution < 1.29 is 22.7 Å². The highest BCUT2D eigenvalue weighted by Crippen LogP contribution is 2.33. The average Bonchev–Trinajstić information content (AvgIpc) is 2.93. The maximum Gasteiger partial charge on any atom is 0.162 e. The predicted octanol–water partition coefficient (Wildman–Crippen LogP) is 4.77. The number of Topliss-reactive ketones (excluding diaryl/α,β-unsaturated/α-hetero) is 1. The smallest absolute Gasteiger partial charge is 0.162 e. The van der Waals surface area contributed by atoms with E-state index in [4.69, 9.17) is 9.47 Å². The molecule has 0 N–H and O–H groups in total. The van der Waals surface area contributed by atoms with Crippen molar-refractivity contribution in [1.29, 1.82) is 0 Å². The van der Waals surface area contributed by atoms with Gasteiger partial charge in [-0.05, 0) is 75.3 Å². The van der Waals surface area contributed by atoms with E-state index in [2.05, 4.69) is 40.1 Å². The van der Waals surface area contributed by atoms with Crippen LogP contribution in [0, 0.1) is 11.8 Å². The van der Waals surface area contributed by atoms with Gasteiger partial charge in [-0.15, -0.1) is 0 Å². The molecule has 4 rings (SSSR count).